The number of benzene rings is 2. The highest BCUT2D eigenvalue weighted by Crippen LogP contribution is 2.39. The maximum Gasteiger partial charge on any atom is -0.0162 e. The summed E-state index contributed by atoms with van der Waals surface area (Å²) in [6.45, 7) is 4.64. The molecule has 2 aromatic rings. The van der Waals surface area contributed by atoms with Crippen molar-refractivity contribution in [2.45, 2.75) is 154 Å². The molecule has 2 saturated carbocycles. The monoisotopic (exact) mass is 514 g/mol. The average molecular weight is 515 g/mol. The van der Waals surface area contributed by atoms with Crippen molar-refractivity contribution < 1.29 is 0 Å². The molecule has 0 N–H and O–H groups in total. The third-order valence-electron chi connectivity index (χ3n) is 10.2. The molecule has 38 heavy (non-hydrogen) atoms. The van der Waals surface area contributed by atoms with E-state index in [1.54, 1.807) is 11.1 Å². The molecule has 2 fully saturated rings. The molecule has 0 aliphatic heterocycles. The Kier molecular flexibility index (Phi) is 12.8. The molecule has 0 unspecified atom stereocenters. The van der Waals surface area contributed by atoms with E-state index in [-0.39, 0.29) is 0 Å². The van der Waals surface area contributed by atoms with Gasteiger partial charge in [-0.3, -0.25) is 0 Å². The molecule has 0 heteroatoms. The topological polar surface area (TPSA) is 0 Å². The Morgan fingerprint density at radius 2 is 0.816 bits per heavy atom. The predicted molar refractivity (Wildman–Crippen MR) is 167 cm³/mol. The number of rotatable bonds is 15. The van der Waals surface area contributed by atoms with Crippen molar-refractivity contribution in [1.82, 2.24) is 0 Å². The molecule has 0 nitrogen and oxygen atoms in total. The van der Waals surface area contributed by atoms with Gasteiger partial charge < -0.3 is 0 Å². The quantitative estimate of drug-likeness (QED) is 0.207. The molecule has 2 aliphatic carbocycles. The van der Waals surface area contributed by atoms with Crippen molar-refractivity contribution in [1.29, 1.82) is 0 Å². The van der Waals surface area contributed by atoms with Crippen LogP contribution in [0.2, 0.25) is 0 Å². The van der Waals surface area contributed by atoms with Gasteiger partial charge in [0.15, 0.2) is 0 Å². The fourth-order valence-electron chi connectivity index (χ4n) is 7.51. The SMILES string of the molecule is CCCCCC1CCC(c2ccc(CCCCc3ccc(C4CCC(CCCCC)CC4)cc3)cc2)CC1. The molecule has 4 rings (SSSR count). The van der Waals surface area contributed by atoms with Gasteiger partial charge in [-0.25, -0.2) is 0 Å². The second kappa shape index (κ2) is 16.5. The van der Waals surface area contributed by atoms with Crippen LogP contribution in [0.15, 0.2) is 48.5 Å². The van der Waals surface area contributed by atoms with E-state index in [0.29, 0.717) is 0 Å². The Hall–Kier alpha value is -1.56. The second-order valence-electron chi connectivity index (χ2n) is 13.1. The largest absolute Gasteiger partial charge is 0.0654 e. The van der Waals surface area contributed by atoms with E-state index in [1.807, 2.05) is 0 Å². The first-order chi connectivity index (χ1) is 18.7. The molecule has 0 bridgehead atoms. The minimum atomic E-state index is 0.815. The third kappa shape index (κ3) is 9.57. The van der Waals surface area contributed by atoms with Crippen molar-refractivity contribution in [3.05, 3.63) is 70.8 Å². The van der Waals surface area contributed by atoms with Crippen LogP contribution in [0.3, 0.4) is 0 Å². The van der Waals surface area contributed by atoms with E-state index >= 15 is 0 Å². The lowest BCUT2D eigenvalue weighted by molar-refractivity contribution is 0.303. The first-order valence-electron chi connectivity index (χ1n) is 16.9. The maximum atomic E-state index is 2.45. The molecule has 0 heterocycles. The Labute approximate surface area is 236 Å². The standard InChI is InChI=1S/C38H58/c1-3-5-7-11-31-15-23-35(24-16-31)37-27-19-33(20-28-37)13-9-10-14-34-21-29-38(30-22-34)36-25-17-32(18-26-36)12-8-6-4-2/h19-22,27-32,35-36H,3-18,23-26H2,1-2H3. The van der Waals surface area contributed by atoms with Gasteiger partial charge in [0.25, 0.3) is 0 Å². The van der Waals surface area contributed by atoms with Crippen LogP contribution in [0, 0.1) is 11.8 Å². The van der Waals surface area contributed by atoms with Crippen LogP contribution in [0.5, 0.6) is 0 Å². The predicted octanol–water partition coefficient (Wildman–Crippen LogP) is 12.0. The van der Waals surface area contributed by atoms with E-state index < -0.39 is 0 Å². The molecule has 0 atom stereocenters. The summed E-state index contributed by atoms with van der Waals surface area (Å²) in [6, 6.07) is 19.5. The fourth-order valence-corrected chi connectivity index (χ4v) is 7.51. The van der Waals surface area contributed by atoms with Gasteiger partial charge >= 0.3 is 0 Å². The molecule has 2 aliphatic rings. The van der Waals surface area contributed by atoms with E-state index in [1.165, 1.54) is 140 Å². The Balaban J connectivity index is 1.10. The molecule has 0 aromatic heterocycles. The summed E-state index contributed by atoms with van der Waals surface area (Å²) < 4.78 is 0. The van der Waals surface area contributed by atoms with Gasteiger partial charge in [0.2, 0.25) is 0 Å². The van der Waals surface area contributed by atoms with Crippen LogP contribution >= 0.6 is 0 Å². The summed E-state index contributed by atoms with van der Waals surface area (Å²) in [5.41, 5.74) is 6.27. The first kappa shape index (κ1) is 29.4. The smallest absolute Gasteiger partial charge is 0.0162 e. The van der Waals surface area contributed by atoms with Crippen LogP contribution in [-0.2, 0) is 12.8 Å². The van der Waals surface area contributed by atoms with E-state index in [4.69, 9.17) is 0 Å². The fraction of sp³-hybridized carbons (Fsp3) is 0.684. The van der Waals surface area contributed by atoms with Crippen molar-refractivity contribution >= 4 is 0 Å². The second-order valence-corrected chi connectivity index (χ2v) is 13.1. The van der Waals surface area contributed by atoms with Crippen molar-refractivity contribution in [2.75, 3.05) is 0 Å². The van der Waals surface area contributed by atoms with E-state index in [0.717, 1.165) is 23.7 Å². The van der Waals surface area contributed by atoms with Crippen LogP contribution in [0.1, 0.15) is 164 Å². The molecule has 0 spiro atoms. The summed E-state index contributed by atoms with van der Waals surface area (Å²) in [5.74, 6) is 3.65. The lowest BCUT2D eigenvalue weighted by Gasteiger charge is -2.29. The first-order valence-corrected chi connectivity index (χ1v) is 16.9. The zero-order valence-corrected chi connectivity index (χ0v) is 25.1. The summed E-state index contributed by atoms with van der Waals surface area (Å²) in [7, 11) is 0. The zero-order valence-electron chi connectivity index (χ0n) is 25.1. The van der Waals surface area contributed by atoms with Gasteiger partial charge in [0.05, 0.1) is 0 Å². The molecular formula is C38H58. The minimum absolute atomic E-state index is 0.815. The van der Waals surface area contributed by atoms with Crippen LogP contribution < -0.4 is 0 Å². The summed E-state index contributed by atoms with van der Waals surface area (Å²) in [4.78, 5) is 0. The number of unbranched alkanes of at least 4 members (excludes halogenated alkanes) is 5. The van der Waals surface area contributed by atoms with Crippen molar-refractivity contribution in [2.24, 2.45) is 11.8 Å². The van der Waals surface area contributed by atoms with Gasteiger partial charge in [-0.05, 0) is 123 Å². The normalized spacial score (nSPS) is 23.9. The van der Waals surface area contributed by atoms with Gasteiger partial charge in [-0.15, -0.1) is 0 Å². The van der Waals surface area contributed by atoms with E-state index in [2.05, 4.69) is 62.4 Å². The maximum absolute atomic E-state index is 2.45. The Morgan fingerprint density at radius 1 is 0.447 bits per heavy atom. The van der Waals surface area contributed by atoms with Gasteiger partial charge in [-0.2, -0.15) is 0 Å². The summed E-state index contributed by atoms with van der Waals surface area (Å²) >= 11 is 0. The molecule has 2 aromatic carbocycles. The molecule has 0 saturated heterocycles. The molecular weight excluding hydrogens is 456 g/mol. The van der Waals surface area contributed by atoms with Crippen LogP contribution in [0.25, 0.3) is 0 Å². The summed E-state index contributed by atoms with van der Waals surface area (Å²) in [6.07, 6.45) is 27.9. The lowest BCUT2D eigenvalue weighted by atomic mass is 9.77. The Bertz CT molecular complexity index is 784. The van der Waals surface area contributed by atoms with Crippen LogP contribution in [-0.4, -0.2) is 0 Å². The average Bonchev–Trinajstić information content (AvgIpc) is 2.97. The molecule has 0 radical (unpaired) electrons. The minimum Gasteiger partial charge on any atom is -0.0654 e. The highest BCUT2D eigenvalue weighted by atomic mass is 14.3. The highest BCUT2D eigenvalue weighted by Gasteiger charge is 2.23. The summed E-state index contributed by atoms with van der Waals surface area (Å²) in [5, 5.41) is 0. The Morgan fingerprint density at radius 3 is 1.16 bits per heavy atom. The van der Waals surface area contributed by atoms with Gasteiger partial charge in [-0.1, -0.05) is 114 Å². The van der Waals surface area contributed by atoms with Crippen LogP contribution in [0.4, 0.5) is 0 Å². The van der Waals surface area contributed by atoms with Crippen molar-refractivity contribution in [3.63, 3.8) is 0 Å². The van der Waals surface area contributed by atoms with Gasteiger partial charge in [0.1, 0.15) is 0 Å². The number of hydrogen-bond acceptors (Lipinski definition) is 0. The zero-order chi connectivity index (χ0) is 26.4. The molecule has 0 amide bonds. The molecule has 210 valence electrons. The number of hydrogen-bond donors (Lipinski definition) is 0. The highest BCUT2D eigenvalue weighted by molar-refractivity contribution is 5.27. The number of aryl methyl sites for hydroxylation is 2. The third-order valence-corrected chi connectivity index (χ3v) is 10.2. The lowest BCUT2D eigenvalue weighted by Crippen LogP contribution is -2.13. The van der Waals surface area contributed by atoms with Gasteiger partial charge in [0, 0.05) is 0 Å². The van der Waals surface area contributed by atoms with E-state index in [9.17, 15) is 0 Å². The van der Waals surface area contributed by atoms with Crippen molar-refractivity contribution in [3.8, 4) is 0 Å².